The molecular weight excluding hydrogens is 424 g/mol. The number of hydrogen-bond donors (Lipinski definition) is 0. The molecule has 2 fully saturated rings. The van der Waals surface area contributed by atoms with Crippen LogP contribution in [-0.4, -0.2) is 50.3 Å². The van der Waals surface area contributed by atoms with Crippen molar-refractivity contribution in [2.75, 3.05) is 13.1 Å². The summed E-state index contributed by atoms with van der Waals surface area (Å²) in [6, 6.07) is 5.18. The van der Waals surface area contributed by atoms with Crippen LogP contribution < -0.4 is 0 Å². The number of carbonyl (C=O) groups excluding carboxylic acids is 1. The number of aliphatic imine (C=N–C) groups is 1. The Bertz CT molecular complexity index is 1080. The minimum Gasteiger partial charge on any atom is -0.332 e. The number of halogens is 3. The largest absolute Gasteiger partial charge is 0.332 e. The molecule has 3 aliphatic rings. The fourth-order valence-electron chi connectivity index (χ4n) is 5.03. The third-order valence-electron chi connectivity index (χ3n) is 6.76. The minimum absolute atomic E-state index is 0.208. The van der Waals surface area contributed by atoms with E-state index in [1.165, 1.54) is 11.2 Å². The van der Waals surface area contributed by atoms with E-state index >= 15 is 0 Å². The van der Waals surface area contributed by atoms with Gasteiger partial charge in [-0.3, -0.25) is 4.79 Å². The highest BCUT2D eigenvalue weighted by Gasteiger charge is 2.51. The molecule has 3 heterocycles. The van der Waals surface area contributed by atoms with E-state index in [0.717, 1.165) is 24.1 Å². The third-order valence-corrected chi connectivity index (χ3v) is 7.08. The number of piperidine rings is 1. The van der Waals surface area contributed by atoms with Crippen molar-refractivity contribution in [3.8, 4) is 0 Å². The normalized spacial score (nSPS) is 27.6. The SMILES string of the molecule is CC1=Nc2ncnn2C(C)([C@@H]2CN(C(=O)c3ccc(C4CC4)c(Cl)c3)CC(F)(F)C2)C1. The summed E-state index contributed by atoms with van der Waals surface area (Å²) in [4.78, 5) is 23.0. The predicted octanol–water partition coefficient (Wildman–Crippen LogP) is 4.82. The van der Waals surface area contributed by atoms with Gasteiger partial charge in [-0.05, 0) is 50.3 Å². The van der Waals surface area contributed by atoms with Crippen LogP contribution in [0.1, 0.15) is 61.4 Å². The Kier molecular flexibility index (Phi) is 4.70. The molecule has 0 spiro atoms. The van der Waals surface area contributed by atoms with E-state index in [-0.39, 0.29) is 13.0 Å². The fourth-order valence-corrected chi connectivity index (χ4v) is 5.37. The summed E-state index contributed by atoms with van der Waals surface area (Å²) in [6.45, 7) is 3.38. The summed E-state index contributed by atoms with van der Waals surface area (Å²) in [5.41, 5.74) is 1.45. The van der Waals surface area contributed by atoms with Crippen LogP contribution in [0.2, 0.25) is 5.02 Å². The molecule has 2 aliphatic heterocycles. The lowest BCUT2D eigenvalue weighted by Gasteiger charge is -2.46. The highest BCUT2D eigenvalue weighted by Crippen LogP contribution is 2.45. The Morgan fingerprint density at radius 2 is 2.06 bits per heavy atom. The van der Waals surface area contributed by atoms with Crippen LogP contribution in [0.3, 0.4) is 0 Å². The van der Waals surface area contributed by atoms with Crippen LogP contribution in [0.25, 0.3) is 0 Å². The van der Waals surface area contributed by atoms with E-state index in [1.807, 2.05) is 19.9 Å². The van der Waals surface area contributed by atoms with Crippen molar-refractivity contribution in [2.45, 2.75) is 56.9 Å². The number of hydrogen-bond acceptors (Lipinski definition) is 4. The maximum Gasteiger partial charge on any atom is 0.265 e. The van der Waals surface area contributed by atoms with Crippen LogP contribution in [0.15, 0.2) is 29.5 Å². The molecule has 0 radical (unpaired) electrons. The summed E-state index contributed by atoms with van der Waals surface area (Å²) in [5, 5.41) is 4.81. The van der Waals surface area contributed by atoms with Gasteiger partial charge in [0.1, 0.15) is 6.33 Å². The van der Waals surface area contributed by atoms with Crippen molar-refractivity contribution in [3.63, 3.8) is 0 Å². The molecule has 2 atom stereocenters. The summed E-state index contributed by atoms with van der Waals surface area (Å²) in [5.74, 6) is -3.05. The van der Waals surface area contributed by atoms with Crippen LogP contribution in [0.5, 0.6) is 0 Å². The first-order valence-corrected chi connectivity index (χ1v) is 11.0. The zero-order chi connectivity index (χ0) is 22.0. The Morgan fingerprint density at radius 3 is 2.77 bits per heavy atom. The van der Waals surface area contributed by atoms with Gasteiger partial charge in [0.15, 0.2) is 0 Å². The van der Waals surface area contributed by atoms with E-state index < -0.39 is 29.8 Å². The Hall–Kier alpha value is -2.35. The highest BCUT2D eigenvalue weighted by atomic mass is 35.5. The van der Waals surface area contributed by atoms with Crippen molar-refractivity contribution in [3.05, 3.63) is 40.7 Å². The standard InChI is InChI=1S/C22H24ClF2N5O/c1-13-8-21(2,30-20(28-13)26-12-27-30)16-9-22(24,25)11-29(10-16)19(31)15-5-6-17(14-3-4-14)18(23)7-15/h5-7,12,14,16H,3-4,8-11H2,1-2H3/t16-,21?/m0/s1. The number of amides is 1. The number of rotatable bonds is 3. The molecular formula is C22H24ClF2N5O. The van der Waals surface area contributed by atoms with Gasteiger partial charge in [0, 0.05) is 41.6 Å². The maximum absolute atomic E-state index is 14.9. The Labute approximate surface area is 184 Å². The fraction of sp³-hybridized carbons (Fsp3) is 0.545. The number of aromatic nitrogens is 3. The highest BCUT2D eigenvalue weighted by molar-refractivity contribution is 6.31. The molecule has 1 unspecified atom stereocenters. The molecule has 164 valence electrons. The van der Waals surface area contributed by atoms with E-state index in [0.29, 0.717) is 28.9 Å². The van der Waals surface area contributed by atoms with Gasteiger partial charge in [-0.2, -0.15) is 10.1 Å². The molecule has 6 nitrogen and oxygen atoms in total. The Morgan fingerprint density at radius 1 is 1.29 bits per heavy atom. The van der Waals surface area contributed by atoms with Crippen molar-refractivity contribution in [1.82, 2.24) is 19.7 Å². The first-order chi connectivity index (χ1) is 14.7. The molecule has 2 aromatic rings. The van der Waals surface area contributed by atoms with Gasteiger partial charge in [0.2, 0.25) is 5.95 Å². The van der Waals surface area contributed by atoms with Gasteiger partial charge in [0.25, 0.3) is 11.8 Å². The number of carbonyl (C=O) groups is 1. The molecule has 0 bridgehead atoms. The average Bonchev–Trinajstić information content (AvgIpc) is 3.42. The number of fused-ring (bicyclic) bond motifs is 1. The van der Waals surface area contributed by atoms with Crippen molar-refractivity contribution < 1.29 is 13.6 Å². The quantitative estimate of drug-likeness (QED) is 0.677. The van der Waals surface area contributed by atoms with Gasteiger partial charge >= 0.3 is 0 Å². The van der Waals surface area contributed by atoms with Crippen molar-refractivity contribution in [1.29, 1.82) is 0 Å². The Balaban J connectivity index is 1.44. The molecule has 9 heteroatoms. The molecule has 1 amide bonds. The first kappa shape index (κ1) is 20.5. The second-order valence-corrected chi connectivity index (χ2v) is 9.71. The van der Waals surface area contributed by atoms with E-state index in [4.69, 9.17) is 11.6 Å². The third kappa shape index (κ3) is 3.64. The lowest BCUT2D eigenvalue weighted by atomic mass is 9.75. The molecule has 1 saturated heterocycles. The van der Waals surface area contributed by atoms with E-state index in [2.05, 4.69) is 15.1 Å². The molecule has 1 saturated carbocycles. The molecule has 1 aromatic heterocycles. The van der Waals surface area contributed by atoms with Gasteiger partial charge in [-0.1, -0.05) is 17.7 Å². The zero-order valence-electron chi connectivity index (χ0n) is 17.5. The molecule has 31 heavy (non-hydrogen) atoms. The lowest BCUT2D eigenvalue weighted by molar-refractivity contribution is -0.0958. The summed E-state index contributed by atoms with van der Waals surface area (Å²) < 4.78 is 31.4. The van der Waals surface area contributed by atoms with Crippen LogP contribution in [0, 0.1) is 5.92 Å². The monoisotopic (exact) mass is 447 g/mol. The summed E-state index contributed by atoms with van der Waals surface area (Å²) >= 11 is 6.39. The smallest absolute Gasteiger partial charge is 0.265 e. The van der Waals surface area contributed by atoms with Gasteiger partial charge in [-0.25, -0.2) is 18.5 Å². The minimum atomic E-state index is -3.00. The van der Waals surface area contributed by atoms with Gasteiger partial charge in [0.05, 0.1) is 12.1 Å². The maximum atomic E-state index is 14.9. The first-order valence-electron chi connectivity index (χ1n) is 10.6. The second kappa shape index (κ2) is 7.08. The number of nitrogens with zero attached hydrogens (tertiary/aromatic N) is 5. The predicted molar refractivity (Wildman–Crippen MR) is 113 cm³/mol. The molecule has 5 rings (SSSR count). The number of alkyl halides is 2. The molecule has 1 aliphatic carbocycles. The molecule has 1 aromatic carbocycles. The van der Waals surface area contributed by atoms with Crippen LogP contribution in [0.4, 0.5) is 14.7 Å². The van der Waals surface area contributed by atoms with Crippen LogP contribution in [-0.2, 0) is 5.54 Å². The van der Waals surface area contributed by atoms with Crippen LogP contribution >= 0.6 is 11.6 Å². The lowest BCUT2D eigenvalue weighted by Crippen LogP contribution is -2.56. The van der Waals surface area contributed by atoms with Crippen molar-refractivity contribution >= 4 is 29.2 Å². The molecule has 0 N–H and O–H groups in total. The van der Waals surface area contributed by atoms with Gasteiger partial charge in [-0.15, -0.1) is 0 Å². The zero-order valence-corrected chi connectivity index (χ0v) is 18.2. The second-order valence-electron chi connectivity index (χ2n) is 9.31. The van der Waals surface area contributed by atoms with Gasteiger partial charge < -0.3 is 4.90 Å². The summed E-state index contributed by atoms with van der Waals surface area (Å²) in [7, 11) is 0. The van der Waals surface area contributed by atoms with E-state index in [1.54, 1.807) is 16.8 Å². The summed E-state index contributed by atoms with van der Waals surface area (Å²) in [6.07, 6.45) is 3.75. The topological polar surface area (TPSA) is 63.4 Å². The average molecular weight is 448 g/mol. The number of benzene rings is 1. The van der Waals surface area contributed by atoms with E-state index in [9.17, 15) is 13.6 Å². The van der Waals surface area contributed by atoms with Crippen molar-refractivity contribution in [2.24, 2.45) is 10.9 Å². The number of likely N-dealkylation sites (tertiary alicyclic amines) is 1.